The number of rotatable bonds is 3. The molecule has 1 aliphatic rings. The molecule has 1 rings (SSSR count). The zero-order chi connectivity index (χ0) is 13.1. The molecule has 2 unspecified atom stereocenters. The molecule has 0 aromatic carbocycles. The van der Waals surface area contributed by atoms with Crippen LogP contribution in [-0.4, -0.2) is 50.5 Å². The topological polar surface area (TPSA) is 66.5 Å². The standard InChI is InChI=1S/C11H22N2O3S/c1-9-5-4-6-13(7-9)11(14)12-10(2)8-17(3,15)16/h9-10H,4-8H2,1-3H3,(H,12,14). The summed E-state index contributed by atoms with van der Waals surface area (Å²) in [4.78, 5) is 13.6. The quantitative estimate of drug-likeness (QED) is 0.820. The van der Waals surface area contributed by atoms with Crippen LogP contribution >= 0.6 is 0 Å². The summed E-state index contributed by atoms with van der Waals surface area (Å²) in [6, 6.07) is -0.484. The second-order valence-corrected chi connectivity index (χ2v) is 7.32. The highest BCUT2D eigenvalue weighted by molar-refractivity contribution is 7.90. The fourth-order valence-corrected chi connectivity index (χ4v) is 3.16. The van der Waals surface area contributed by atoms with Gasteiger partial charge in [0.25, 0.3) is 0 Å². The average Bonchev–Trinajstić information content (AvgIpc) is 2.14. The minimum atomic E-state index is -3.04. The largest absolute Gasteiger partial charge is 0.335 e. The smallest absolute Gasteiger partial charge is 0.317 e. The first-order valence-electron chi connectivity index (χ1n) is 6.01. The Kier molecular flexibility index (Phi) is 4.80. The van der Waals surface area contributed by atoms with Gasteiger partial charge in [0.2, 0.25) is 0 Å². The first kappa shape index (κ1) is 14.3. The summed E-state index contributed by atoms with van der Waals surface area (Å²) in [6.45, 7) is 5.37. The highest BCUT2D eigenvalue weighted by Crippen LogP contribution is 2.15. The molecule has 100 valence electrons. The summed E-state index contributed by atoms with van der Waals surface area (Å²) in [5, 5.41) is 2.73. The molecule has 0 bridgehead atoms. The second kappa shape index (κ2) is 5.71. The van der Waals surface area contributed by atoms with Crippen LogP contribution in [0, 0.1) is 5.92 Å². The van der Waals surface area contributed by atoms with Gasteiger partial charge in [-0.05, 0) is 25.7 Å². The summed E-state index contributed by atoms with van der Waals surface area (Å²) in [7, 11) is -3.04. The highest BCUT2D eigenvalue weighted by Gasteiger charge is 2.22. The van der Waals surface area contributed by atoms with E-state index in [0.717, 1.165) is 25.9 Å². The maximum Gasteiger partial charge on any atom is 0.317 e. The first-order valence-corrected chi connectivity index (χ1v) is 8.07. The van der Waals surface area contributed by atoms with Crippen molar-refractivity contribution >= 4 is 15.9 Å². The highest BCUT2D eigenvalue weighted by atomic mass is 32.2. The van der Waals surface area contributed by atoms with Gasteiger partial charge < -0.3 is 10.2 Å². The number of sulfone groups is 1. The van der Waals surface area contributed by atoms with Crippen molar-refractivity contribution in [3.63, 3.8) is 0 Å². The molecule has 2 amide bonds. The summed E-state index contributed by atoms with van der Waals surface area (Å²) in [5.41, 5.74) is 0. The third-order valence-electron chi connectivity index (χ3n) is 2.87. The predicted octanol–water partition coefficient (Wildman–Crippen LogP) is 0.861. The Bertz CT molecular complexity index is 367. The van der Waals surface area contributed by atoms with E-state index in [2.05, 4.69) is 12.2 Å². The Hall–Kier alpha value is -0.780. The van der Waals surface area contributed by atoms with Gasteiger partial charge in [-0.1, -0.05) is 6.92 Å². The lowest BCUT2D eigenvalue weighted by Gasteiger charge is -2.31. The molecule has 0 spiro atoms. The van der Waals surface area contributed by atoms with Crippen molar-refractivity contribution in [3.8, 4) is 0 Å². The SMILES string of the molecule is CC1CCCN(C(=O)NC(C)CS(C)(=O)=O)C1. The van der Waals surface area contributed by atoms with Crippen LogP contribution in [0.1, 0.15) is 26.7 Å². The summed E-state index contributed by atoms with van der Waals surface area (Å²) >= 11 is 0. The molecular formula is C11H22N2O3S. The Morgan fingerprint density at radius 1 is 1.53 bits per heavy atom. The number of urea groups is 1. The minimum absolute atomic E-state index is 0.0118. The number of hydrogen-bond acceptors (Lipinski definition) is 3. The average molecular weight is 262 g/mol. The van der Waals surface area contributed by atoms with E-state index >= 15 is 0 Å². The monoisotopic (exact) mass is 262 g/mol. The molecule has 0 aromatic rings. The summed E-state index contributed by atoms with van der Waals surface area (Å²) in [5.74, 6) is 0.516. The van der Waals surface area contributed by atoms with Crippen molar-refractivity contribution in [2.45, 2.75) is 32.7 Å². The Balaban J connectivity index is 2.43. The van der Waals surface area contributed by atoms with Crippen LogP contribution in [0.5, 0.6) is 0 Å². The van der Waals surface area contributed by atoms with Gasteiger partial charge in [-0.25, -0.2) is 13.2 Å². The van der Waals surface area contributed by atoms with Gasteiger partial charge in [-0.2, -0.15) is 0 Å². The Labute approximate surface area is 103 Å². The summed E-state index contributed by atoms with van der Waals surface area (Å²) in [6.07, 6.45) is 3.36. The normalized spacial score (nSPS) is 23.2. The molecule has 1 aliphatic heterocycles. The van der Waals surface area contributed by atoms with Crippen molar-refractivity contribution in [2.75, 3.05) is 25.1 Å². The van der Waals surface area contributed by atoms with Gasteiger partial charge in [0.1, 0.15) is 9.84 Å². The maximum atomic E-state index is 11.9. The van der Waals surface area contributed by atoms with E-state index in [-0.39, 0.29) is 17.8 Å². The molecule has 6 heteroatoms. The molecule has 0 saturated carbocycles. The lowest BCUT2D eigenvalue weighted by Crippen LogP contribution is -2.49. The lowest BCUT2D eigenvalue weighted by atomic mass is 10.0. The molecule has 1 saturated heterocycles. The Morgan fingerprint density at radius 3 is 2.71 bits per heavy atom. The number of nitrogens with zero attached hydrogens (tertiary/aromatic N) is 1. The van der Waals surface area contributed by atoms with Crippen LogP contribution in [-0.2, 0) is 9.84 Å². The van der Waals surface area contributed by atoms with E-state index in [1.165, 1.54) is 6.26 Å². The number of likely N-dealkylation sites (tertiary alicyclic amines) is 1. The van der Waals surface area contributed by atoms with Crippen molar-refractivity contribution < 1.29 is 13.2 Å². The number of amides is 2. The maximum absolute atomic E-state index is 11.9. The van der Waals surface area contributed by atoms with E-state index in [0.29, 0.717) is 5.92 Å². The van der Waals surface area contributed by atoms with E-state index in [1.54, 1.807) is 11.8 Å². The van der Waals surface area contributed by atoms with Crippen molar-refractivity contribution in [1.29, 1.82) is 0 Å². The zero-order valence-corrected chi connectivity index (χ0v) is 11.6. The van der Waals surface area contributed by atoms with Crippen LogP contribution in [0.4, 0.5) is 4.79 Å². The summed E-state index contributed by atoms with van der Waals surface area (Å²) < 4.78 is 22.2. The molecule has 1 fully saturated rings. The second-order valence-electron chi connectivity index (χ2n) is 5.14. The van der Waals surface area contributed by atoms with Gasteiger partial charge in [0.15, 0.2) is 0 Å². The van der Waals surface area contributed by atoms with Crippen LogP contribution in [0.3, 0.4) is 0 Å². The van der Waals surface area contributed by atoms with Crippen LogP contribution in [0.25, 0.3) is 0 Å². The van der Waals surface area contributed by atoms with Gasteiger partial charge in [0, 0.05) is 25.4 Å². The van der Waals surface area contributed by atoms with Gasteiger partial charge in [-0.15, -0.1) is 0 Å². The molecular weight excluding hydrogens is 240 g/mol. The molecule has 0 radical (unpaired) electrons. The minimum Gasteiger partial charge on any atom is -0.335 e. The Morgan fingerprint density at radius 2 is 2.18 bits per heavy atom. The lowest BCUT2D eigenvalue weighted by molar-refractivity contribution is 0.168. The van der Waals surface area contributed by atoms with Gasteiger partial charge >= 0.3 is 6.03 Å². The van der Waals surface area contributed by atoms with Crippen molar-refractivity contribution in [3.05, 3.63) is 0 Å². The van der Waals surface area contributed by atoms with Gasteiger partial charge in [-0.3, -0.25) is 0 Å². The molecule has 1 heterocycles. The fraction of sp³-hybridized carbons (Fsp3) is 0.909. The van der Waals surface area contributed by atoms with Crippen LogP contribution < -0.4 is 5.32 Å². The number of hydrogen-bond donors (Lipinski definition) is 1. The number of nitrogens with one attached hydrogen (secondary N) is 1. The van der Waals surface area contributed by atoms with Crippen LogP contribution in [0.15, 0.2) is 0 Å². The molecule has 5 nitrogen and oxygen atoms in total. The predicted molar refractivity (Wildman–Crippen MR) is 67.7 cm³/mol. The van der Waals surface area contributed by atoms with E-state index in [4.69, 9.17) is 0 Å². The number of carbonyl (C=O) groups excluding carboxylic acids is 1. The third-order valence-corrected chi connectivity index (χ3v) is 3.97. The molecule has 0 aliphatic carbocycles. The number of piperidine rings is 1. The van der Waals surface area contributed by atoms with Crippen LogP contribution in [0.2, 0.25) is 0 Å². The first-order chi connectivity index (χ1) is 7.78. The van der Waals surface area contributed by atoms with Crippen molar-refractivity contribution in [1.82, 2.24) is 10.2 Å². The fourth-order valence-electron chi connectivity index (χ4n) is 2.17. The molecule has 17 heavy (non-hydrogen) atoms. The third kappa shape index (κ3) is 5.39. The molecule has 0 aromatic heterocycles. The van der Waals surface area contributed by atoms with Gasteiger partial charge in [0.05, 0.1) is 5.75 Å². The number of carbonyl (C=O) groups is 1. The zero-order valence-electron chi connectivity index (χ0n) is 10.8. The molecule has 2 atom stereocenters. The van der Waals surface area contributed by atoms with Crippen molar-refractivity contribution in [2.24, 2.45) is 5.92 Å². The van der Waals surface area contributed by atoms with E-state index in [9.17, 15) is 13.2 Å². The van der Waals surface area contributed by atoms with E-state index in [1.807, 2.05) is 0 Å². The van der Waals surface area contributed by atoms with E-state index < -0.39 is 9.84 Å². The molecule has 1 N–H and O–H groups in total.